The van der Waals surface area contributed by atoms with E-state index >= 15 is 0 Å². The molecule has 0 fully saturated rings. The van der Waals surface area contributed by atoms with E-state index in [0.717, 1.165) is 0 Å². The summed E-state index contributed by atoms with van der Waals surface area (Å²) in [5, 5.41) is 3.79. The first-order chi connectivity index (χ1) is 8.47. The Morgan fingerprint density at radius 1 is 1.33 bits per heavy atom. The number of carbonyl (C=O) groups is 1. The van der Waals surface area contributed by atoms with Crippen LogP contribution in [-0.2, 0) is 0 Å². The molecule has 18 heavy (non-hydrogen) atoms. The highest BCUT2D eigenvalue weighted by atomic mass is 35.5. The molecule has 5 heteroatoms. The zero-order valence-corrected chi connectivity index (χ0v) is 10.7. The Kier molecular flexibility index (Phi) is 3.39. The van der Waals surface area contributed by atoms with Crippen LogP contribution in [0.1, 0.15) is 24.2 Å². The number of fused-ring (bicyclic) bond motifs is 1. The van der Waals surface area contributed by atoms with Gasteiger partial charge >= 0.3 is 5.63 Å². The summed E-state index contributed by atoms with van der Waals surface area (Å²) < 4.78 is 5.08. The summed E-state index contributed by atoms with van der Waals surface area (Å²) in [7, 11) is 0. The number of hydrogen-bond acceptors (Lipinski definition) is 3. The molecule has 1 amide bonds. The van der Waals surface area contributed by atoms with Crippen LogP contribution < -0.4 is 10.9 Å². The molecule has 94 valence electrons. The molecular weight excluding hydrogens is 254 g/mol. The molecule has 1 aromatic carbocycles. The van der Waals surface area contributed by atoms with Crippen molar-refractivity contribution in [3.05, 3.63) is 45.3 Å². The predicted octanol–water partition coefficient (Wildman–Crippen LogP) is 2.58. The SMILES string of the molecule is CC(C)NC(=O)c1cc2cc(Cl)ccc2oc1=O. The summed E-state index contributed by atoms with van der Waals surface area (Å²) in [6.45, 7) is 3.63. The standard InChI is InChI=1S/C13H12ClNO3/c1-7(2)15-12(16)10-6-8-5-9(14)3-4-11(8)18-13(10)17/h3-7H,1-2H3,(H,15,16). The second-order valence-corrected chi connectivity index (χ2v) is 4.69. The fraction of sp³-hybridized carbons (Fsp3) is 0.231. The number of nitrogens with one attached hydrogen (secondary N) is 1. The Bertz CT molecular complexity index is 661. The van der Waals surface area contributed by atoms with E-state index in [2.05, 4.69) is 5.32 Å². The molecule has 1 N–H and O–H groups in total. The topological polar surface area (TPSA) is 59.3 Å². The average molecular weight is 266 g/mol. The smallest absolute Gasteiger partial charge is 0.349 e. The summed E-state index contributed by atoms with van der Waals surface area (Å²) in [5.74, 6) is -0.444. The Hall–Kier alpha value is -1.81. The molecule has 0 aliphatic carbocycles. The number of amides is 1. The number of hydrogen-bond donors (Lipinski definition) is 1. The van der Waals surface area contributed by atoms with E-state index in [1.807, 2.05) is 13.8 Å². The number of rotatable bonds is 2. The quantitative estimate of drug-likeness (QED) is 0.849. The Labute approximate surface area is 109 Å². The second-order valence-electron chi connectivity index (χ2n) is 4.26. The largest absolute Gasteiger partial charge is 0.422 e. The van der Waals surface area contributed by atoms with Crippen LogP contribution in [0.3, 0.4) is 0 Å². The molecule has 0 unspecified atom stereocenters. The van der Waals surface area contributed by atoms with Crippen LogP contribution in [-0.4, -0.2) is 11.9 Å². The van der Waals surface area contributed by atoms with Gasteiger partial charge in [-0.2, -0.15) is 0 Å². The molecule has 1 aromatic heterocycles. The highest BCUT2D eigenvalue weighted by molar-refractivity contribution is 6.31. The molecule has 2 aromatic rings. The Balaban J connectivity index is 2.54. The molecule has 0 saturated carbocycles. The Morgan fingerprint density at radius 3 is 2.72 bits per heavy atom. The first kappa shape index (κ1) is 12.6. The Morgan fingerprint density at radius 2 is 2.06 bits per heavy atom. The van der Waals surface area contributed by atoms with Gasteiger partial charge in [0.2, 0.25) is 0 Å². The fourth-order valence-electron chi connectivity index (χ4n) is 1.59. The minimum absolute atomic E-state index is 0.0153. The van der Waals surface area contributed by atoms with Crippen molar-refractivity contribution < 1.29 is 9.21 Å². The van der Waals surface area contributed by atoms with Gasteiger partial charge in [0, 0.05) is 16.5 Å². The highest BCUT2D eigenvalue weighted by Gasteiger charge is 2.14. The van der Waals surface area contributed by atoms with E-state index in [9.17, 15) is 9.59 Å². The maximum atomic E-state index is 11.8. The van der Waals surface area contributed by atoms with Gasteiger partial charge in [0.25, 0.3) is 5.91 Å². The third kappa shape index (κ3) is 2.54. The summed E-state index contributed by atoms with van der Waals surface area (Å²) in [6.07, 6.45) is 0. The van der Waals surface area contributed by atoms with Crippen LogP contribution >= 0.6 is 11.6 Å². The molecule has 0 aliphatic rings. The maximum Gasteiger partial charge on any atom is 0.349 e. The van der Waals surface area contributed by atoms with Gasteiger partial charge in [0.1, 0.15) is 11.1 Å². The first-order valence-electron chi connectivity index (χ1n) is 5.51. The van der Waals surface area contributed by atoms with Crippen molar-refractivity contribution in [2.75, 3.05) is 0 Å². The molecular formula is C13H12ClNO3. The second kappa shape index (κ2) is 4.82. The summed E-state index contributed by atoms with van der Waals surface area (Å²) in [5.41, 5.74) is -0.257. The lowest BCUT2D eigenvalue weighted by atomic mass is 10.1. The predicted molar refractivity (Wildman–Crippen MR) is 70.1 cm³/mol. The zero-order valence-electron chi connectivity index (χ0n) is 9.99. The molecule has 0 atom stereocenters. The van der Waals surface area contributed by atoms with Crippen molar-refractivity contribution in [1.82, 2.24) is 5.32 Å². The van der Waals surface area contributed by atoms with Crippen molar-refractivity contribution >= 4 is 28.5 Å². The van der Waals surface area contributed by atoms with E-state index in [1.165, 1.54) is 6.07 Å². The van der Waals surface area contributed by atoms with Crippen molar-refractivity contribution in [3.8, 4) is 0 Å². The van der Waals surface area contributed by atoms with E-state index in [4.69, 9.17) is 16.0 Å². The van der Waals surface area contributed by atoms with Crippen molar-refractivity contribution in [1.29, 1.82) is 0 Å². The molecule has 0 spiro atoms. The number of halogens is 1. The van der Waals surface area contributed by atoms with Gasteiger partial charge in [-0.15, -0.1) is 0 Å². The van der Waals surface area contributed by atoms with Crippen molar-refractivity contribution in [2.45, 2.75) is 19.9 Å². The van der Waals surface area contributed by atoms with E-state index in [0.29, 0.717) is 16.0 Å². The molecule has 2 rings (SSSR count). The van der Waals surface area contributed by atoms with Gasteiger partial charge in [-0.1, -0.05) is 11.6 Å². The lowest BCUT2D eigenvalue weighted by molar-refractivity contribution is 0.0939. The van der Waals surface area contributed by atoms with Crippen LogP contribution in [0.25, 0.3) is 11.0 Å². The summed E-state index contributed by atoms with van der Waals surface area (Å²) >= 11 is 5.85. The highest BCUT2D eigenvalue weighted by Crippen LogP contribution is 2.18. The minimum Gasteiger partial charge on any atom is -0.422 e. The molecule has 0 bridgehead atoms. The van der Waals surface area contributed by atoms with Gasteiger partial charge in [-0.25, -0.2) is 4.79 Å². The normalized spacial score (nSPS) is 10.9. The molecule has 4 nitrogen and oxygen atoms in total. The van der Waals surface area contributed by atoms with Crippen LogP contribution in [0.4, 0.5) is 0 Å². The molecule has 0 radical (unpaired) electrons. The van der Waals surface area contributed by atoms with Gasteiger partial charge in [-0.3, -0.25) is 4.79 Å². The van der Waals surface area contributed by atoms with Crippen LogP contribution in [0.2, 0.25) is 5.02 Å². The monoisotopic (exact) mass is 265 g/mol. The molecule has 0 aliphatic heterocycles. The third-order valence-electron chi connectivity index (χ3n) is 2.36. The molecule has 1 heterocycles. The van der Waals surface area contributed by atoms with Crippen LogP contribution in [0.15, 0.2) is 33.5 Å². The van der Waals surface area contributed by atoms with Crippen LogP contribution in [0, 0.1) is 0 Å². The fourth-order valence-corrected chi connectivity index (χ4v) is 1.77. The van der Waals surface area contributed by atoms with E-state index < -0.39 is 11.5 Å². The van der Waals surface area contributed by atoms with Gasteiger partial charge in [0.05, 0.1) is 0 Å². The lowest BCUT2D eigenvalue weighted by Crippen LogP contribution is -2.33. The average Bonchev–Trinajstić information content (AvgIpc) is 2.27. The first-order valence-corrected chi connectivity index (χ1v) is 5.89. The zero-order chi connectivity index (χ0) is 13.3. The van der Waals surface area contributed by atoms with Crippen molar-refractivity contribution in [3.63, 3.8) is 0 Å². The summed E-state index contributed by atoms with van der Waals surface area (Å²) in [4.78, 5) is 23.5. The van der Waals surface area contributed by atoms with Gasteiger partial charge in [0.15, 0.2) is 0 Å². The third-order valence-corrected chi connectivity index (χ3v) is 2.59. The molecule has 0 saturated heterocycles. The maximum absolute atomic E-state index is 11.8. The van der Waals surface area contributed by atoms with Gasteiger partial charge in [-0.05, 0) is 38.1 Å². The van der Waals surface area contributed by atoms with Gasteiger partial charge < -0.3 is 9.73 Å². The van der Waals surface area contributed by atoms with Crippen LogP contribution in [0.5, 0.6) is 0 Å². The number of carbonyl (C=O) groups excluding carboxylic acids is 1. The number of benzene rings is 1. The van der Waals surface area contributed by atoms with E-state index in [-0.39, 0.29) is 11.6 Å². The minimum atomic E-state index is -0.650. The van der Waals surface area contributed by atoms with E-state index in [1.54, 1.807) is 18.2 Å². The summed E-state index contributed by atoms with van der Waals surface area (Å²) in [6, 6.07) is 6.31. The lowest BCUT2D eigenvalue weighted by Gasteiger charge is -2.07. The van der Waals surface area contributed by atoms with Crippen molar-refractivity contribution in [2.24, 2.45) is 0 Å².